The van der Waals surface area contributed by atoms with E-state index < -0.39 is 24.1 Å². The lowest BCUT2D eigenvalue weighted by molar-refractivity contribution is -0.161. The van der Waals surface area contributed by atoms with E-state index in [0.29, 0.717) is 27.7 Å². The highest BCUT2D eigenvalue weighted by Gasteiger charge is 2.39. The van der Waals surface area contributed by atoms with E-state index in [2.05, 4.69) is 5.10 Å². The number of ether oxygens (including phenoxy) is 3. The number of carbonyl (C=O) groups is 2. The molecule has 1 aliphatic heterocycles. The first-order chi connectivity index (χ1) is 19.3. The predicted molar refractivity (Wildman–Crippen MR) is 148 cm³/mol. The van der Waals surface area contributed by atoms with Gasteiger partial charge in [-0.2, -0.15) is 5.10 Å². The number of methoxy groups -OCH3 is 1. The largest absolute Gasteiger partial charge is 0.495 e. The molecule has 208 valence electrons. The summed E-state index contributed by atoms with van der Waals surface area (Å²) in [5, 5.41) is 5.04. The average molecular weight is 567 g/mol. The van der Waals surface area contributed by atoms with Crippen molar-refractivity contribution < 1.29 is 23.8 Å². The van der Waals surface area contributed by atoms with Gasteiger partial charge < -0.3 is 30.6 Å². The normalized spacial score (nSPS) is 16.8. The summed E-state index contributed by atoms with van der Waals surface area (Å²) in [7, 11) is 1.51. The molecule has 0 aliphatic carbocycles. The zero-order valence-corrected chi connectivity index (χ0v) is 22.3. The first kappa shape index (κ1) is 27.2. The van der Waals surface area contributed by atoms with Gasteiger partial charge in [0.25, 0.3) is 5.56 Å². The topological polar surface area (TPSA) is 156 Å². The molecule has 12 nitrogen and oxygen atoms in total. The van der Waals surface area contributed by atoms with Crippen LogP contribution in [0.3, 0.4) is 0 Å². The Kier molecular flexibility index (Phi) is 7.74. The summed E-state index contributed by atoms with van der Waals surface area (Å²) in [5.41, 5.74) is 13.8. The summed E-state index contributed by atoms with van der Waals surface area (Å²) in [6.07, 6.45) is 1.74. The van der Waals surface area contributed by atoms with E-state index in [4.69, 9.17) is 37.3 Å². The Balaban J connectivity index is 1.45. The first-order valence-corrected chi connectivity index (χ1v) is 12.8. The second-order valence-corrected chi connectivity index (χ2v) is 9.53. The van der Waals surface area contributed by atoms with Crippen molar-refractivity contribution in [3.8, 4) is 22.6 Å². The lowest BCUT2D eigenvalue weighted by Crippen LogP contribution is -2.36. The van der Waals surface area contributed by atoms with Gasteiger partial charge in [0.2, 0.25) is 0 Å². The second-order valence-electron chi connectivity index (χ2n) is 9.10. The Morgan fingerprint density at radius 1 is 0.975 bits per heavy atom. The highest BCUT2D eigenvalue weighted by Crippen LogP contribution is 2.34. The van der Waals surface area contributed by atoms with Gasteiger partial charge >= 0.3 is 11.9 Å². The fraction of sp³-hybridized carbons (Fsp3) is 0.259. The van der Waals surface area contributed by atoms with E-state index >= 15 is 0 Å². The highest BCUT2D eigenvalue weighted by atomic mass is 35.5. The maximum Gasteiger partial charge on any atom is 0.320 e. The molecule has 0 radical (unpaired) electrons. The van der Waals surface area contributed by atoms with Crippen molar-refractivity contribution in [3.05, 3.63) is 76.4 Å². The molecule has 5 rings (SSSR count). The fourth-order valence-electron chi connectivity index (χ4n) is 4.65. The third-order valence-corrected chi connectivity index (χ3v) is 6.86. The number of nitrogens with zero attached hydrogens (tertiary/aromatic N) is 4. The predicted octanol–water partition coefficient (Wildman–Crippen LogP) is 1.38. The molecule has 4 N–H and O–H groups in total. The van der Waals surface area contributed by atoms with E-state index in [1.807, 2.05) is 17.0 Å². The molecule has 0 unspecified atom stereocenters. The van der Waals surface area contributed by atoms with Gasteiger partial charge in [-0.1, -0.05) is 23.7 Å². The van der Waals surface area contributed by atoms with Gasteiger partial charge in [0, 0.05) is 22.8 Å². The molecule has 2 atom stereocenters. The Morgan fingerprint density at radius 3 is 2.23 bits per heavy atom. The van der Waals surface area contributed by atoms with Crippen molar-refractivity contribution in [1.29, 1.82) is 0 Å². The molecular formula is C27H27ClN6O6. The molecule has 4 aromatic rings. The lowest BCUT2D eigenvalue weighted by Gasteiger charge is -2.21. The van der Waals surface area contributed by atoms with E-state index in [1.54, 1.807) is 42.6 Å². The van der Waals surface area contributed by atoms with Crippen LogP contribution in [0, 0.1) is 0 Å². The molecule has 40 heavy (non-hydrogen) atoms. The van der Waals surface area contributed by atoms with Crippen molar-refractivity contribution in [1.82, 2.24) is 14.2 Å². The van der Waals surface area contributed by atoms with Gasteiger partial charge in [-0.05, 0) is 35.9 Å². The Hall–Kier alpha value is -4.39. The molecule has 0 bridgehead atoms. The van der Waals surface area contributed by atoms with Gasteiger partial charge in [0.15, 0.2) is 12.2 Å². The van der Waals surface area contributed by atoms with Crippen LogP contribution in [0.15, 0.2) is 65.8 Å². The molecule has 0 amide bonds. The number of benzene rings is 2. The summed E-state index contributed by atoms with van der Waals surface area (Å²) in [6, 6.07) is 14.3. The van der Waals surface area contributed by atoms with Crippen LogP contribution in [0.2, 0.25) is 5.02 Å². The number of carbonyl (C=O) groups excluding carboxylic acids is 2. The van der Waals surface area contributed by atoms with Gasteiger partial charge in [-0.15, -0.1) is 0 Å². The average Bonchev–Trinajstić information content (AvgIpc) is 3.58. The van der Waals surface area contributed by atoms with Crippen LogP contribution in [0.5, 0.6) is 5.75 Å². The van der Waals surface area contributed by atoms with Crippen molar-refractivity contribution in [2.24, 2.45) is 11.5 Å². The Bertz CT molecular complexity index is 1590. The quantitative estimate of drug-likeness (QED) is 0.299. The summed E-state index contributed by atoms with van der Waals surface area (Å²) in [6.45, 7) is -0.145. The number of fused-ring (bicyclic) bond motifs is 1. The zero-order chi connectivity index (χ0) is 28.4. The number of esters is 2. The van der Waals surface area contributed by atoms with E-state index in [1.165, 1.54) is 22.5 Å². The number of halogens is 1. The minimum Gasteiger partial charge on any atom is -0.495 e. The number of rotatable bonds is 8. The highest BCUT2D eigenvalue weighted by molar-refractivity contribution is 6.30. The molecule has 1 fully saturated rings. The summed E-state index contributed by atoms with van der Waals surface area (Å²) in [5.74, 6) is -0.777. The van der Waals surface area contributed by atoms with Crippen LogP contribution in [0.4, 0.5) is 5.69 Å². The standard InChI is InChI=1S/C27H27ClN6O6/c1-38-22-9-19(6-7-20(22)32-13-23(39-25(35)10-29)24(14-32)40-26(36)11-30)33-15-31-34-12-17(8-21(34)27(33)37)16-2-4-18(28)5-3-16/h2-9,12,15,23-24H,10-11,13-14,29-30H2,1H3/t23-,24+. The third kappa shape index (κ3) is 5.37. The minimum absolute atomic E-state index is 0.231. The number of anilines is 1. The molecule has 1 aliphatic rings. The van der Waals surface area contributed by atoms with Crippen LogP contribution >= 0.6 is 11.6 Å². The van der Waals surface area contributed by atoms with Crippen molar-refractivity contribution >= 4 is 34.7 Å². The lowest BCUT2D eigenvalue weighted by atomic mass is 10.1. The summed E-state index contributed by atoms with van der Waals surface area (Å²) >= 11 is 6.00. The monoisotopic (exact) mass is 566 g/mol. The van der Waals surface area contributed by atoms with Crippen molar-refractivity contribution in [2.45, 2.75) is 12.2 Å². The number of hydrogen-bond donors (Lipinski definition) is 2. The maximum atomic E-state index is 13.4. The molecule has 2 aromatic carbocycles. The molecular weight excluding hydrogens is 540 g/mol. The smallest absolute Gasteiger partial charge is 0.320 e. The van der Waals surface area contributed by atoms with Crippen LogP contribution in [-0.2, 0) is 19.1 Å². The van der Waals surface area contributed by atoms with Gasteiger partial charge in [0.1, 0.15) is 17.6 Å². The molecule has 0 saturated carbocycles. The van der Waals surface area contributed by atoms with Crippen molar-refractivity contribution in [3.63, 3.8) is 0 Å². The second kappa shape index (κ2) is 11.4. The molecule has 0 spiro atoms. The number of hydrogen-bond acceptors (Lipinski definition) is 10. The van der Waals surface area contributed by atoms with E-state index in [-0.39, 0.29) is 31.7 Å². The van der Waals surface area contributed by atoms with Gasteiger partial charge in [0.05, 0.1) is 44.7 Å². The Morgan fingerprint density at radius 2 is 1.62 bits per heavy atom. The fourth-order valence-corrected chi connectivity index (χ4v) is 4.78. The van der Waals surface area contributed by atoms with E-state index in [9.17, 15) is 14.4 Å². The van der Waals surface area contributed by atoms with Crippen LogP contribution in [0.25, 0.3) is 22.3 Å². The van der Waals surface area contributed by atoms with Gasteiger partial charge in [-0.25, -0.2) is 4.52 Å². The molecule has 2 aromatic heterocycles. The number of aromatic nitrogens is 3. The first-order valence-electron chi connectivity index (χ1n) is 12.4. The zero-order valence-electron chi connectivity index (χ0n) is 21.5. The molecule has 1 saturated heterocycles. The number of nitrogens with two attached hydrogens (primary N) is 2. The van der Waals surface area contributed by atoms with E-state index in [0.717, 1.165) is 11.1 Å². The molecule has 3 heterocycles. The van der Waals surface area contributed by atoms with Crippen LogP contribution < -0.4 is 26.7 Å². The SMILES string of the molecule is COc1cc(-n2cnn3cc(-c4ccc(Cl)cc4)cc3c2=O)ccc1N1C[C@H](OC(=O)CN)[C@H](OC(=O)CN)C1. The molecule has 13 heteroatoms. The minimum atomic E-state index is -0.741. The Labute approximate surface area is 233 Å². The van der Waals surface area contributed by atoms with Crippen molar-refractivity contribution in [2.75, 3.05) is 38.2 Å². The van der Waals surface area contributed by atoms with Crippen LogP contribution in [-0.4, -0.2) is 71.6 Å². The third-order valence-electron chi connectivity index (χ3n) is 6.60. The maximum absolute atomic E-state index is 13.4. The summed E-state index contributed by atoms with van der Waals surface area (Å²) in [4.78, 5) is 39.0. The van der Waals surface area contributed by atoms with Crippen LogP contribution in [0.1, 0.15) is 0 Å². The van der Waals surface area contributed by atoms with Gasteiger partial charge in [-0.3, -0.25) is 19.0 Å². The summed E-state index contributed by atoms with van der Waals surface area (Å²) < 4.78 is 19.4.